The quantitative estimate of drug-likeness (QED) is 0.329. The van der Waals surface area contributed by atoms with Crippen molar-refractivity contribution in [3.05, 3.63) is 72.5 Å². The molecule has 2 rings (SSSR count). The predicted octanol–water partition coefficient (Wildman–Crippen LogP) is 4.80. The second kappa shape index (κ2) is 8.05. The van der Waals surface area contributed by atoms with E-state index in [0.717, 1.165) is 19.3 Å². The van der Waals surface area contributed by atoms with Crippen LogP contribution in [0.2, 0.25) is 0 Å². The van der Waals surface area contributed by atoms with E-state index in [2.05, 4.69) is 42.5 Å². The van der Waals surface area contributed by atoms with E-state index in [-0.39, 0.29) is 5.97 Å². The number of hydrogen-bond donors (Lipinski definition) is 0. The van der Waals surface area contributed by atoms with Crippen LogP contribution in [-0.4, -0.2) is 5.97 Å². The van der Waals surface area contributed by atoms with Crippen LogP contribution in [0.5, 0.6) is 0 Å². The van der Waals surface area contributed by atoms with Gasteiger partial charge in [-0.15, -0.1) is 0 Å². The average Bonchev–Trinajstić information content (AvgIpc) is 2.52. The second-order valence-electron chi connectivity index (χ2n) is 4.84. The number of allylic oxidation sites excluding steroid dienone is 2. The molecule has 0 atom stereocenters. The van der Waals surface area contributed by atoms with E-state index >= 15 is 0 Å². The fourth-order valence-corrected chi connectivity index (χ4v) is 2.27. The first-order chi connectivity index (χ1) is 10.3. The molecule has 0 bridgehead atoms. The normalized spacial score (nSPS) is 11.5. The summed E-state index contributed by atoms with van der Waals surface area (Å²) in [4.78, 5) is 11.2. The van der Waals surface area contributed by atoms with Crippen LogP contribution in [0.15, 0.2) is 67.0 Å². The zero-order chi connectivity index (χ0) is 14.9. The van der Waals surface area contributed by atoms with Gasteiger partial charge in [-0.25, -0.2) is 4.79 Å². The summed E-state index contributed by atoms with van der Waals surface area (Å²) in [7, 11) is 0. The number of aryl methyl sites for hydroxylation is 1. The number of hydrogen-bond acceptors (Lipinski definition) is 2. The molecule has 2 aromatic rings. The van der Waals surface area contributed by atoms with Gasteiger partial charge in [0.15, 0.2) is 0 Å². The number of ether oxygens (including phenoxy) is 1. The molecule has 0 amide bonds. The Hall–Kier alpha value is -2.35. The van der Waals surface area contributed by atoms with E-state index in [9.17, 15) is 4.79 Å². The van der Waals surface area contributed by atoms with Gasteiger partial charge in [0.1, 0.15) is 0 Å². The van der Waals surface area contributed by atoms with Crippen molar-refractivity contribution in [2.75, 3.05) is 0 Å². The van der Waals surface area contributed by atoms with Crippen molar-refractivity contribution in [2.45, 2.75) is 26.2 Å². The molecule has 108 valence electrons. The summed E-state index contributed by atoms with van der Waals surface area (Å²) in [6.45, 7) is 1.81. The Kier molecular flexibility index (Phi) is 5.77. The first-order valence-corrected chi connectivity index (χ1v) is 7.26. The van der Waals surface area contributed by atoms with Crippen LogP contribution in [0.1, 0.15) is 25.3 Å². The Labute approximate surface area is 125 Å². The SMILES string of the molecule is CC=COC(=O)C=CCCCc1cccc2ccccc12. The Bertz CT molecular complexity index is 648. The summed E-state index contributed by atoms with van der Waals surface area (Å²) < 4.78 is 4.81. The minimum atomic E-state index is -0.321. The highest BCUT2D eigenvalue weighted by molar-refractivity contribution is 5.85. The maximum absolute atomic E-state index is 11.2. The van der Waals surface area contributed by atoms with Crippen molar-refractivity contribution < 1.29 is 9.53 Å². The van der Waals surface area contributed by atoms with Gasteiger partial charge < -0.3 is 4.74 Å². The van der Waals surface area contributed by atoms with Crippen LogP contribution in [0.3, 0.4) is 0 Å². The summed E-state index contributed by atoms with van der Waals surface area (Å²) in [5.41, 5.74) is 1.36. The van der Waals surface area contributed by atoms with Crippen LogP contribution >= 0.6 is 0 Å². The van der Waals surface area contributed by atoms with E-state index in [1.54, 1.807) is 13.0 Å². The molecule has 0 aliphatic rings. The molecular weight excluding hydrogens is 260 g/mol. The Morgan fingerprint density at radius 3 is 2.81 bits per heavy atom. The molecule has 21 heavy (non-hydrogen) atoms. The third-order valence-corrected chi connectivity index (χ3v) is 3.27. The predicted molar refractivity (Wildman–Crippen MR) is 86.9 cm³/mol. The zero-order valence-corrected chi connectivity index (χ0v) is 12.3. The Balaban J connectivity index is 1.85. The molecular formula is C19H20O2. The molecule has 0 spiro atoms. The average molecular weight is 280 g/mol. The maximum Gasteiger partial charge on any atom is 0.335 e. The fourth-order valence-electron chi connectivity index (χ4n) is 2.27. The van der Waals surface area contributed by atoms with Gasteiger partial charge in [0, 0.05) is 6.08 Å². The van der Waals surface area contributed by atoms with Crippen molar-refractivity contribution >= 4 is 16.7 Å². The molecule has 0 saturated carbocycles. The highest BCUT2D eigenvalue weighted by Crippen LogP contribution is 2.20. The lowest BCUT2D eigenvalue weighted by molar-refractivity contribution is -0.132. The summed E-state index contributed by atoms with van der Waals surface area (Å²) in [6, 6.07) is 14.8. The molecule has 0 saturated heterocycles. The highest BCUT2D eigenvalue weighted by Gasteiger charge is 1.99. The summed E-state index contributed by atoms with van der Waals surface area (Å²) in [6.07, 6.45) is 9.33. The largest absolute Gasteiger partial charge is 0.432 e. The van der Waals surface area contributed by atoms with E-state index in [1.807, 2.05) is 6.08 Å². The van der Waals surface area contributed by atoms with Crippen LogP contribution < -0.4 is 0 Å². The van der Waals surface area contributed by atoms with Crippen LogP contribution in [-0.2, 0) is 16.0 Å². The van der Waals surface area contributed by atoms with Gasteiger partial charge in [0.2, 0.25) is 0 Å². The molecule has 2 nitrogen and oxygen atoms in total. The molecule has 0 N–H and O–H groups in total. The molecule has 0 heterocycles. The Morgan fingerprint density at radius 1 is 1.14 bits per heavy atom. The minimum absolute atomic E-state index is 0.321. The number of benzene rings is 2. The van der Waals surface area contributed by atoms with E-state index in [4.69, 9.17) is 4.74 Å². The topological polar surface area (TPSA) is 26.3 Å². The van der Waals surface area contributed by atoms with Gasteiger partial charge in [0.05, 0.1) is 6.26 Å². The molecule has 0 aliphatic heterocycles. The Morgan fingerprint density at radius 2 is 1.95 bits per heavy atom. The maximum atomic E-state index is 11.2. The summed E-state index contributed by atoms with van der Waals surface area (Å²) in [5, 5.41) is 2.59. The number of esters is 1. The van der Waals surface area contributed by atoms with Gasteiger partial charge in [-0.2, -0.15) is 0 Å². The van der Waals surface area contributed by atoms with Crippen LogP contribution in [0.4, 0.5) is 0 Å². The van der Waals surface area contributed by atoms with Crippen molar-refractivity contribution in [2.24, 2.45) is 0 Å². The van der Waals surface area contributed by atoms with Gasteiger partial charge in [-0.05, 0) is 42.5 Å². The third kappa shape index (κ3) is 4.60. The van der Waals surface area contributed by atoms with Crippen LogP contribution in [0.25, 0.3) is 10.8 Å². The molecule has 0 aliphatic carbocycles. The number of carbonyl (C=O) groups is 1. The van der Waals surface area contributed by atoms with Crippen molar-refractivity contribution in [1.29, 1.82) is 0 Å². The van der Waals surface area contributed by atoms with Gasteiger partial charge >= 0.3 is 5.97 Å². The zero-order valence-electron chi connectivity index (χ0n) is 12.3. The molecule has 0 aromatic heterocycles. The smallest absolute Gasteiger partial charge is 0.335 e. The van der Waals surface area contributed by atoms with E-state index < -0.39 is 0 Å². The monoisotopic (exact) mass is 280 g/mol. The minimum Gasteiger partial charge on any atom is -0.432 e. The lowest BCUT2D eigenvalue weighted by Crippen LogP contribution is -1.93. The first-order valence-electron chi connectivity index (χ1n) is 7.26. The molecule has 2 aromatic carbocycles. The number of fused-ring (bicyclic) bond motifs is 1. The lowest BCUT2D eigenvalue weighted by Gasteiger charge is -2.05. The van der Waals surface area contributed by atoms with Gasteiger partial charge in [-0.3, -0.25) is 0 Å². The fraction of sp³-hybridized carbons (Fsp3) is 0.211. The highest BCUT2D eigenvalue weighted by atomic mass is 16.5. The van der Waals surface area contributed by atoms with Crippen molar-refractivity contribution in [3.8, 4) is 0 Å². The lowest BCUT2D eigenvalue weighted by atomic mass is 10.0. The van der Waals surface area contributed by atoms with Crippen molar-refractivity contribution in [3.63, 3.8) is 0 Å². The van der Waals surface area contributed by atoms with E-state index in [1.165, 1.54) is 28.7 Å². The molecule has 2 heteroatoms. The molecule has 0 unspecified atom stereocenters. The molecule has 0 radical (unpaired) electrons. The summed E-state index contributed by atoms with van der Waals surface area (Å²) in [5.74, 6) is -0.321. The molecule has 0 fully saturated rings. The summed E-state index contributed by atoms with van der Waals surface area (Å²) >= 11 is 0. The first kappa shape index (κ1) is 15.0. The number of unbranched alkanes of at least 4 members (excludes halogenated alkanes) is 1. The van der Waals surface area contributed by atoms with Crippen LogP contribution in [0, 0.1) is 0 Å². The number of carbonyl (C=O) groups excluding carboxylic acids is 1. The van der Waals surface area contributed by atoms with E-state index in [0.29, 0.717) is 0 Å². The second-order valence-corrected chi connectivity index (χ2v) is 4.84. The van der Waals surface area contributed by atoms with Crippen molar-refractivity contribution in [1.82, 2.24) is 0 Å². The third-order valence-electron chi connectivity index (χ3n) is 3.27. The van der Waals surface area contributed by atoms with Gasteiger partial charge in [0.25, 0.3) is 0 Å². The number of rotatable bonds is 6. The van der Waals surface area contributed by atoms with Gasteiger partial charge in [-0.1, -0.05) is 54.6 Å². The standard InChI is InChI=1S/C19H20O2/c1-2-15-21-19(20)14-5-3-4-9-16-11-8-12-17-10-6-7-13-18(16)17/h2,5-8,10-15H,3-4,9H2,1H3.